The molecular weight excluding hydrogens is 500 g/mol. The zero-order valence-corrected chi connectivity index (χ0v) is 20.0. The average Bonchev–Trinajstić information content (AvgIpc) is 2.78. The Morgan fingerprint density at radius 3 is 1.55 bits per heavy atom. The predicted molar refractivity (Wildman–Crippen MR) is 124 cm³/mol. The summed E-state index contributed by atoms with van der Waals surface area (Å²) in [5.74, 6) is -1.63. The Bertz CT molecular complexity index is 1140. The van der Waals surface area contributed by atoms with E-state index >= 15 is 0 Å². The van der Waals surface area contributed by atoms with Gasteiger partial charge in [0.1, 0.15) is 0 Å². The number of sulfone groups is 2. The van der Waals surface area contributed by atoms with E-state index in [1.807, 2.05) is 0 Å². The lowest BCUT2D eigenvalue weighted by atomic mass is 9.89. The monoisotopic (exact) mass is 522 g/mol. The van der Waals surface area contributed by atoms with Crippen molar-refractivity contribution in [3.8, 4) is 0 Å². The molecule has 8 heteroatoms. The van der Waals surface area contributed by atoms with Gasteiger partial charge in [0.05, 0.1) is 9.79 Å². The van der Waals surface area contributed by atoms with Gasteiger partial charge in [-0.1, -0.05) is 71.4 Å². The van der Waals surface area contributed by atoms with Gasteiger partial charge < -0.3 is 5.11 Å². The predicted octanol–water partition coefficient (Wildman–Crippen LogP) is 4.44. The molecule has 31 heavy (non-hydrogen) atoms. The van der Waals surface area contributed by atoms with Crippen LogP contribution in [0.5, 0.6) is 0 Å². The van der Waals surface area contributed by atoms with Crippen LogP contribution in [-0.2, 0) is 19.7 Å². The van der Waals surface area contributed by atoms with Crippen LogP contribution < -0.4 is 0 Å². The topological polar surface area (TPSA) is 88.5 Å². The molecule has 3 rings (SSSR count). The van der Waals surface area contributed by atoms with Crippen LogP contribution in [0.3, 0.4) is 0 Å². The highest BCUT2D eigenvalue weighted by atomic mass is 79.9. The van der Waals surface area contributed by atoms with Crippen LogP contribution in [0.4, 0.5) is 0 Å². The van der Waals surface area contributed by atoms with Gasteiger partial charge in [0.2, 0.25) is 0 Å². The van der Waals surface area contributed by atoms with Crippen molar-refractivity contribution in [1.82, 2.24) is 0 Å². The van der Waals surface area contributed by atoms with Gasteiger partial charge in [-0.25, -0.2) is 16.8 Å². The normalized spacial score (nSPS) is 14.3. The third-order valence-corrected chi connectivity index (χ3v) is 10.9. The van der Waals surface area contributed by atoms with Crippen molar-refractivity contribution < 1.29 is 21.9 Å². The Balaban J connectivity index is 2.32. The van der Waals surface area contributed by atoms with E-state index in [1.165, 1.54) is 24.3 Å². The molecule has 0 aliphatic carbocycles. The first-order valence-corrected chi connectivity index (χ1v) is 13.5. The second kappa shape index (κ2) is 9.65. The number of rotatable bonds is 8. The molecule has 0 aliphatic heterocycles. The van der Waals surface area contributed by atoms with Gasteiger partial charge in [0, 0.05) is 17.0 Å². The van der Waals surface area contributed by atoms with Crippen LogP contribution >= 0.6 is 15.9 Å². The second-order valence-electron chi connectivity index (χ2n) is 7.32. The molecule has 0 amide bonds. The fourth-order valence-electron chi connectivity index (χ4n) is 3.59. The lowest BCUT2D eigenvalue weighted by molar-refractivity contribution is 0.218. The van der Waals surface area contributed by atoms with Crippen LogP contribution in [0.1, 0.15) is 18.4 Å². The summed E-state index contributed by atoms with van der Waals surface area (Å²) in [6.45, 7) is 1.28. The second-order valence-corrected chi connectivity index (χ2v) is 12.7. The first kappa shape index (κ1) is 23.7. The minimum absolute atomic E-state index is 0.0771. The molecule has 0 radical (unpaired) electrons. The lowest BCUT2D eigenvalue weighted by Gasteiger charge is -2.31. The van der Waals surface area contributed by atoms with E-state index in [1.54, 1.807) is 67.6 Å². The molecule has 0 unspecified atom stereocenters. The molecule has 3 aromatic rings. The summed E-state index contributed by atoms with van der Waals surface area (Å²) in [6, 6.07) is 22.0. The van der Waals surface area contributed by atoms with E-state index < -0.39 is 36.1 Å². The number of hydrogen-bond donors (Lipinski definition) is 1. The van der Waals surface area contributed by atoms with Crippen molar-refractivity contribution in [1.29, 1.82) is 0 Å². The maximum absolute atomic E-state index is 13.8. The Morgan fingerprint density at radius 1 is 0.742 bits per heavy atom. The molecule has 1 N–H and O–H groups in total. The van der Waals surface area contributed by atoms with Crippen molar-refractivity contribution in [3.05, 3.63) is 95.0 Å². The summed E-state index contributed by atoms with van der Waals surface area (Å²) < 4.78 is 54.1. The van der Waals surface area contributed by atoms with Crippen LogP contribution in [-0.4, -0.2) is 33.1 Å². The van der Waals surface area contributed by atoms with E-state index in [0.29, 0.717) is 5.56 Å². The summed E-state index contributed by atoms with van der Waals surface area (Å²) >= 11 is 3.35. The molecule has 0 saturated carbocycles. The summed E-state index contributed by atoms with van der Waals surface area (Å²) in [6.07, 6.45) is 0. The number of aliphatic hydroxyl groups excluding tert-OH is 1. The van der Waals surface area contributed by atoms with Crippen molar-refractivity contribution in [2.75, 3.05) is 6.61 Å². The van der Waals surface area contributed by atoms with Gasteiger partial charge in [-0.05, 0) is 47.9 Å². The van der Waals surface area contributed by atoms with E-state index in [4.69, 9.17) is 0 Å². The van der Waals surface area contributed by atoms with Crippen LogP contribution in [0.2, 0.25) is 0 Å². The Morgan fingerprint density at radius 2 is 1.16 bits per heavy atom. The van der Waals surface area contributed by atoms with Crippen LogP contribution in [0.25, 0.3) is 0 Å². The van der Waals surface area contributed by atoms with Crippen LogP contribution in [0, 0.1) is 5.92 Å². The zero-order chi connectivity index (χ0) is 22.6. The average molecular weight is 523 g/mol. The summed E-state index contributed by atoms with van der Waals surface area (Å²) in [7, 11) is -8.66. The van der Waals surface area contributed by atoms with Crippen molar-refractivity contribution in [3.63, 3.8) is 0 Å². The third kappa shape index (κ3) is 4.92. The van der Waals surface area contributed by atoms with Gasteiger partial charge in [-0.3, -0.25) is 0 Å². The SMILES string of the molecule is C[C@H](CO)[C@H](c1ccc(Br)cc1)C(S(=O)(=O)c1ccccc1)S(=O)(=O)c1ccccc1. The first-order valence-electron chi connectivity index (χ1n) is 9.64. The van der Waals surface area contributed by atoms with Gasteiger partial charge in [0.15, 0.2) is 24.3 Å². The largest absolute Gasteiger partial charge is 0.396 e. The molecule has 5 nitrogen and oxygen atoms in total. The molecule has 164 valence electrons. The Labute approximate surface area is 191 Å². The zero-order valence-electron chi connectivity index (χ0n) is 16.8. The standard InChI is InChI=1S/C23H23BrO5S2/c1-17(16-25)22(18-12-14-19(24)15-13-18)23(30(26,27)20-8-4-2-5-9-20)31(28,29)21-10-6-3-7-11-21/h2-15,17,22-23,25H,16H2,1H3/t17-,22-/m1/s1. The van der Waals surface area contributed by atoms with Crippen molar-refractivity contribution >= 4 is 35.6 Å². The van der Waals surface area contributed by atoms with E-state index in [2.05, 4.69) is 15.9 Å². The fraction of sp³-hybridized carbons (Fsp3) is 0.217. The Kier molecular flexibility index (Phi) is 7.36. The molecule has 0 aromatic heterocycles. The molecule has 3 aromatic carbocycles. The van der Waals surface area contributed by atoms with E-state index in [0.717, 1.165) is 4.47 Å². The molecular formula is C23H23BrO5S2. The fourth-order valence-corrected chi connectivity index (χ4v) is 9.09. The molecule has 0 aliphatic rings. The molecule has 0 heterocycles. The third-order valence-electron chi connectivity index (χ3n) is 5.20. The number of aliphatic hydroxyl groups is 1. The van der Waals surface area contributed by atoms with Crippen LogP contribution in [0.15, 0.2) is 99.2 Å². The number of benzene rings is 3. The highest BCUT2D eigenvalue weighted by Gasteiger charge is 2.47. The first-order chi connectivity index (χ1) is 14.7. The quantitative estimate of drug-likeness (QED) is 0.472. The van der Waals surface area contributed by atoms with Gasteiger partial charge in [0.25, 0.3) is 0 Å². The van der Waals surface area contributed by atoms with Gasteiger partial charge >= 0.3 is 0 Å². The van der Waals surface area contributed by atoms with E-state index in [-0.39, 0.29) is 16.4 Å². The highest BCUT2D eigenvalue weighted by Crippen LogP contribution is 2.40. The van der Waals surface area contributed by atoms with Gasteiger partial charge in [-0.15, -0.1) is 0 Å². The molecule has 0 bridgehead atoms. The molecule has 0 saturated heterocycles. The molecule has 0 fully saturated rings. The van der Waals surface area contributed by atoms with Crippen molar-refractivity contribution in [2.45, 2.75) is 27.2 Å². The minimum atomic E-state index is -4.33. The molecule has 2 atom stereocenters. The highest BCUT2D eigenvalue weighted by molar-refractivity contribution is 9.10. The number of halogens is 1. The summed E-state index contributed by atoms with van der Waals surface area (Å²) in [4.78, 5) is -0.154. The Hall–Kier alpha value is -2.00. The van der Waals surface area contributed by atoms with Gasteiger partial charge in [-0.2, -0.15) is 0 Å². The maximum atomic E-state index is 13.8. The smallest absolute Gasteiger partial charge is 0.196 e. The minimum Gasteiger partial charge on any atom is -0.396 e. The van der Waals surface area contributed by atoms with Crippen molar-refractivity contribution in [2.24, 2.45) is 5.92 Å². The summed E-state index contributed by atoms with van der Waals surface area (Å²) in [5, 5.41) is 9.94. The summed E-state index contributed by atoms with van der Waals surface area (Å²) in [5.41, 5.74) is 0.522. The van der Waals surface area contributed by atoms with E-state index in [9.17, 15) is 21.9 Å². The molecule has 0 spiro atoms. The lowest BCUT2D eigenvalue weighted by Crippen LogP contribution is -2.40. The maximum Gasteiger partial charge on any atom is 0.196 e. The number of hydrogen-bond acceptors (Lipinski definition) is 5.